The summed E-state index contributed by atoms with van der Waals surface area (Å²) >= 11 is 0. The number of H-pyrrole nitrogens is 1. The van der Waals surface area contributed by atoms with Gasteiger partial charge in [0.25, 0.3) is 5.56 Å². The van der Waals surface area contributed by atoms with Crippen molar-refractivity contribution in [3.63, 3.8) is 0 Å². The van der Waals surface area contributed by atoms with Crippen LogP contribution in [-0.2, 0) is 4.74 Å². The summed E-state index contributed by atoms with van der Waals surface area (Å²) in [6.45, 7) is 10.5. The highest BCUT2D eigenvalue weighted by Crippen LogP contribution is 2.23. The molecule has 0 spiro atoms. The van der Waals surface area contributed by atoms with E-state index in [1.807, 2.05) is 20.8 Å². The van der Waals surface area contributed by atoms with Gasteiger partial charge < -0.3 is 14.5 Å². The van der Waals surface area contributed by atoms with Gasteiger partial charge in [-0.1, -0.05) is 0 Å². The van der Waals surface area contributed by atoms with Crippen molar-refractivity contribution in [2.45, 2.75) is 32.4 Å². The van der Waals surface area contributed by atoms with Gasteiger partial charge in [-0.05, 0) is 20.8 Å². The molecule has 0 atom stereocenters. The first-order valence-electron chi connectivity index (χ1n) is 8.33. The van der Waals surface area contributed by atoms with Crippen molar-refractivity contribution in [3.05, 3.63) is 22.6 Å². The Morgan fingerprint density at radius 1 is 1.25 bits per heavy atom. The minimum absolute atomic E-state index is 0.179. The van der Waals surface area contributed by atoms with Gasteiger partial charge >= 0.3 is 6.09 Å². The van der Waals surface area contributed by atoms with E-state index in [0.717, 1.165) is 31.9 Å². The van der Waals surface area contributed by atoms with Gasteiger partial charge in [-0.2, -0.15) is 5.10 Å². The minimum Gasteiger partial charge on any atom is -0.444 e. The number of carbonyl (C=O) groups excluding carboxylic acids is 1. The monoisotopic (exact) mass is 335 g/mol. The summed E-state index contributed by atoms with van der Waals surface area (Å²) < 4.78 is 5.42. The van der Waals surface area contributed by atoms with E-state index in [1.165, 1.54) is 0 Å². The van der Waals surface area contributed by atoms with Gasteiger partial charge in [0.1, 0.15) is 5.60 Å². The van der Waals surface area contributed by atoms with Gasteiger partial charge in [0, 0.05) is 51.4 Å². The van der Waals surface area contributed by atoms with Crippen molar-refractivity contribution in [2.75, 3.05) is 44.2 Å². The Hall–Kier alpha value is -2.09. The smallest absolute Gasteiger partial charge is 0.410 e. The number of anilines is 1. The Morgan fingerprint density at radius 3 is 2.50 bits per heavy atom. The number of carbonyl (C=O) groups is 1. The molecule has 2 aliphatic heterocycles. The van der Waals surface area contributed by atoms with Crippen molar-refractivity contribution in [1.82, 2.24) is 20.0 Å². The lowest BCUT2D eigenvalue weighted by Gasteiger charge is -2.48. The molecule has 1 aromatic heterocycles. The third kappa shape index (κ3) is 3.87. The van der Waals surface area contributed by atoms with E-state index in [9.17, 15) is 9.59 Å². The van der Waals surface area contributed by atoms with E-state index in [-0.39, 0.29) is 11.7 Å². The topological polar surface area (TPSA) is 81.8 Å². The van der Waals surface area contributed by atoms with Crippen LogP contribution in [0.4, 0.5) is 10.5 Å². The Balaban J connectivity index is 1.45. The van der Waals surface area contributed by atoms with E-state index in [4.69, 9.17) is 4.74 Å². The minimum atomic E-state index is -0.454. The fraction of sp³-hybridized carbons (Fsp3) is 0.688. The summed E-state index contributed by atoms with van der Waals surface area (Å²) in [6, 6.07) is 2.04. The highest BCUT2D eigenvalue weighted by Gasteiger charge is 2.35. The van der Waals surface area contributed by atoms with Crippen LogP contribution in [0.3, 0.4) is 0 Å². The molecule has 1 aromatic rings. The van der Waals surface area contributed by atoms with Crippen molar-refractivity contribution in [2.24, 2.45) is 0 Å². The summed E-state index contributed by atoms with van der Waals surface area (Å²) in [5.74, 6) is 0. The number of ether oxygens (including phenoxy) is 1. The molecule has 1 amide bonds. The molecular weight excluding hydrogens is 310 g/mol. The van der Waals surface area contributed by atoms with Crippen LogP contribution in [0, 0.1) is 0 Å². The molecule has 2 fully saturated rings. The fourth-order valence-corrected chi connectivity index (χ4v) is 3.03. The summed E-state index contributed by atoms with van der Waals surface area (Å²) in [5.41, 5.74) is 0.230. The SMILES string of the molecule is CC(C)(C)OC(=O)N1CCN(C2CN(c3cn[nH]c(=O)c3)C2)CC1. The standard InChI is InChI=1S/C16H25N5O3/c1-16(2,3)24-15(23)20-6-4-19(5-7-20)13-10-21(11-13)12-8-14(22)18-17-9-12/h8-9,13H,4-7,10-11H2,1-3H3,(H,18,22). The van der Waals surface area contributed by atoms with Gasteiger partial charge in [0.05, 0.1) is 11.9 Å². The first-order chi connectivity index (χ1) is 11.3. The molecule has 3 heterocycles. The van der Waals surface area contributed by atoms with Crippen LogP contribution in [0.1, 0.15) is 20.8 Å². The van der Waals surface area contributed by atoms with Crippen LogP contribution in [0.2, 0.25) is 0 Å². The fourth-order valence-electron chi connectivity index (χ4n) is 3.03. The zero-order chi connectivity index (χ0) is 17.3. The molecule has 0 aliphatic carbocycles. The van der Waals surface area contributed by atoms with E-state index in [1.54, 1.807) is 17.2 Å². The molecule has 1 N–H and O–H groups in total. The lowest BCUT2D eigenvalue weighted by Crippen LogP contribution is -2.63. The number of hydrogen-bond donors (Lipinski definition) is 1. The molecule has 0 unspecified atom stereocenters. The summed E-state index contributed by atoms with van der Waals surface area (Å²) in [7, 11) is 0. The number of aromatic nitrogens is 2. The average Bonchev–Trinajstić information content (AvgIpc) is 2.45. The highest BCUT2D eigenvalue weighted by atomic mass is 16.6. The van der Waals surface area contributed by atoms with Crippen molar-refractivity contribution in [3.8, 4) is 0 Å². The largest absolute Gasteiger partial charge is 0.444 e. The van der Waals surface area contributed by atoms with Gasteiger partial charge in [0.15, 0.2) is 0 Å². The maximum absolute atomic E-state index is 12.1. The number of nitrogens with one attached hydrogen (secondary N) is 1. The molecule has 0 bridgehead atoms. The number of rotatable bonds is 2. The van der Waals surface area contributed by atoms with Crippen LogP contribution < -0.4 is 10.5 Å². The predicted molar refractivity (Wildman–Crippen MR) is 90.2 cm³/mol. The molecule has 132 valence electrons. The van der Waals surface area contributed by atoms with Crippen LogP contribution in [0.15, 0.2) is 17.1 Å². The number of aromatic amines is 1. The number of nitrogens with zero attached hydrogens (tertiary/aromatic N) is 4. The Morgan fingerprint density at radius 2 is 1.92 bits per heavy atom. The summed E-state index contributed by atoms with van der Waals surface area (Å²) in [5, 5.41) is 6.22. The normalized spacial score (nSPS) is 20.0. The van der Waals surface area contributed by atoms with Crippen molar-refractivity contribution < 1.29 is 9.53 Å². The van der Waals surface area contributed by atoms with Gasteiger partial charge in [-0.25, -0.2) is 9.89 Å². The first kappa shape index (κ1) is 16.8. The van der Waals surface area contributed by atoms with E-state index < -0.39 is 5.60 Å². The second-order valence-corrected chi connectivity index (χ2v) is 7.37. The predicted octanol–water partition coefficient (Wildman–Crippen LogP) is 0.511. The molecule has 24 heavy (non-hydrogen) atoms. The average molecular weight is 335 g/mol. The Labute approximate surface area is 141 Å². The third-order valence-electron chi connectivity index (χ3n) is 4.36. The number of piperazine rings is 1. The van der Waals surface area contributed by atoms with Gasteiger partial charge in [-0.15, -0.1) is 0 Å². The molecule has 2 aliphatic rings. The van der Waals surface area contributed by atoms with E-state index >= 15 is 0 Å². The van der Waals surface area contributed by atoms with Crippen molar-refractivity contribution >= 4 is 11.8 Å². The third-order valence-corrected chi connectivity index (χ3v) is 4.36. The van der Waals surface area contributed by atoms with Gasteiger partial charge in [0.2, 0.25) is 0 Å². The van der Waals surface area contributed by atoms with Gasteiger partial charge in [-0.3, -0.25) is 9.69 Å². The zero-order valence-electron chi connectivity index (χ0n) is 14.5. The summed E-state index contributed by atoms with van der Waals surface area (Å²) in [4.78, 5) is 29.7. The lowest BCUT2D eigenvalue weighted by atomic mass is 10.1. The highest BCUT2D eigenvalue weighted by molar-refractivity contribution is 5.68. The van der Waals surface area contributed by atoms with E-state index in [0.29, 0.717) is 19.1 Å². The molecular formula is C16H25N5O3. The Bertz CT molecular complexity index is 640. The molecule has 0 aromatic carbocycles. The maximum Gasteiger partial charge on any atom is 0.410 e. The molecule has 0 radical (unpaired) electrons. The molecule has 0 saturated carbocycles. The zero-order valence-corrected chi connectivity index (χ0v) is 14.5. The molecule has 3 rings (SSSR count). The number of amides is 1. The van der Waals surface area contributed by atoms with Crippen LogP contribution in [-0.4, -0.2) is 77.0 Å². The Kier molecular flexibility index (Phi) is 4.49. The molecule has 8 heteroatoms. The second-order valence-electron chi connectivity index (χ2n) is 7.37. The summed E-state index contributed by atoms with van der Waals surface area (Å²) in [6.07, 6.45) is 1.45. The van der Waals surface area contributed by atoms with Crippen LogP contribution in [0.25, 0.3) is 0 Å². The first-order valence-corrected chi connectivity index (χ1v) is 8.33. The molecule has 8 nitrogen and oxygen atoms in total. The second kappa shape index (κ2) is 6.43. The lowest BCUT2D eigenvalue weighted by molar-refractivity contribution is 0.00876. The maximum atomic E-state index is 12.1. The van der Waals surface area contributed by atoms with Crippen molar-refractivity contribution in [1.29, 1.82) is 0 Å². The quantitative estimate of drug-likeness (QED) is 0.848. The molecule has 2 saturated heterocycles. The number of hydrogen-bond acceptors (Lipinski definition) is 6. The van der Waals surface area contributed by atoms with E-state index in [2.05, 4.69) is 20.0 Å². The van der Waals surface area contributed by atoms with Crippen LogP contribution in [0.5, 0.6) is 0 Å². The van der Waals surface area contributed by atoms with Crippen LogP contribution >= 0.6 is 0 Å².